The van der Waals surface area contributed by atoms with Gasteiger partial charge in [0.15, 0.2) is 11.4 Å². The Morgan fingerprint density at radius 1 is 1.16 bits per heavy atom. The lowest BCUT2D eigenvalue weighted by Crippen LogP contribution is -2.38. The molecule has 194 valence electrons. The molecule has 2 unspecified atom stereocenters. The maximum atomic E-state index is 15.7. The van der Waals surface area contributed by atoms with E-state index in [-0.39, 0.29) is 18.8 Å². The molecule has 9 nitrogen and oxygen atoms in total. The molecule has 4 aromatic heterocycles. The molecule has 12 heteroatoms. The van der Waals surface area contributed by atoms with E-state index in [9.17, 15) is 0 Å². The molecular formula is C25H25FN4O5S2. The minimum absolute atomic E-state index is 0.153. The summed E-state index contributed by atoms with van der Waals surface area (Å²) in [6.07, 6.45) is 1.99. The highest BCUT2D eigenvalue weighted by atomic mass is 32.1. The third kappa shape index (κ3) is 4.42. The Morgan fingerprint density at radius 3 is 2.73 bits per heavy atom. The summed E-state index contributed by atoms with van der Waals surface area (Å²) in [5.74, 6) is 1.73. The second kappa shape index (κ2) is 9.26. The Bertz CT molecular complexity index is 1560. The lowest BCUT2D eigenvalue weighted by molar-refractivity contribution is -0.101. The number of benzene rings is 1. The molecule has 5 heterocycles. The molecule has 6 rings (SSSR count). The molecule has 0 N–H and O–H groups in total. The maximum Gasteiger partial charge on any atom is 0.294 e. The number of alkyl halides is 1. The first-order valence-corrected chi connectivity index (χ1v) is 13.5. The molecule has 5 aromatic rings. The number of aromatic nitrogens is 4. The van der Waals surface area contributed by atoms with Gasteiger partial charge in [0.1, 0.15) is 34.4 Å². The quantitative estimate of drug-likeness (QED) is 0.246. The largest absolute Gasteiger partial charge is 0.496 e. The lowest BCUT2D eigenvalue weighted by atomic mass is 9.90. The van der Waals surface area contributed by atoms with E-state index in [0.717, 1.165) is 5.39 Å². The van der Waals surface area contributed by atoms with E-state index in [0.29, 0.717) is 62.2 Å². The third-order valence-electron chi connectivity index (χ3n) is 6.30. The zero-order valence-electron chi connectivity index (χ0n) is 20.7. The van der Waals surface area contributed by atoms with Gasteiger partial charge in [-0.3, -0.25) is 0 Å². The topological polar surface area (TPSA) is 93.1 Å². The lowest BCUT2D eigenvalue weighted by Gasteiger charge is -2.35. The molecule has 1 aromatic carbocycles. The van der Waals surface area contributed by atoms with Crippen LogP contribution in [-0.2, 0) is 17.0 Å². The molecule has 0 bridgehead atoms. The average Bonchev–Trinajstić information content (AvgIpc) is 3.64. The van der Waals surface area contributed by atoms with Crippen molar-refractivity contribution >= 4 is 38.6 Å². The molecule has 0 aliphatic carbocycles. The van der Waals surface area contributed by atoms with Crippen molar-refractivity contribution in [2.24, 2.45) is 0 Å². The Labute approximate surface area is 219 Å². The van der Waals surface area contributed by atoms with Gasteiger partial charge in [-0.15, -0.1) is 16.4 Å². The zero-order chi connectivity index (χ0) is 25.7. The number of ether oxygens (including phenoxy) is 4. The second-order valence-corrected chi connectivity index (χ2v) is 10.9. The normalized spacial score (nSPS) is 22.1. The van der Waals surface area contributed by atoms with E-state index in [1.54, 1.807) is 37.1 Å². The Morgan fingerprint density at radius 2 is 1.97 bits per heavy atom. The molecule has 1 aliphatic heterocycles. The number of hydrogen-bond donors (Lipinski definition) is 0. The van der Waals surface area contributed by atoms with Crippen LogP contribution in [-0.4, -0.2) is 46.0 Å². The van der Waals surface area contributed by atoms with Gasteiger partial charge in [0.25, 0.3) is 5.19 Å². The number of thiazole rings is 1. The number of imidazole rings is 1. The van der Waals surface area contributed by atoms with Gasteiger partial charge in [0.2, 0.25) is 4.96 Å². The highest BCUT2D eigenvalue weighted by molar-refractivity contribution is 7.18. The molecule has 1 aliphatic rings. The van der Waals surface area contributed by atoms with Crippen LogP contribution >= 0.6 is 22.7 Å². The number of halogens is 1. The van der Waals surface area contributed by atoms with E-state index >= 15 is 4.39 Å². The molecule has 0 spiro atoms. The van der Waals surface area contributed by atoms with Crippen molar-refractivity contribution in [3.8, 4) is 28.1 Å². The number of fused-ring (bicyclic) bond motifs is 2. The molecule has 2 atom stereocenters. The summed E-state index contributed by atoms with van der Waals surface area (Å²) in [5.41, 5.74) is 0.453. The van der Waals surface area contributed by atoms with E-state index in [1.165, 1.54) is 22.7 Å². The van der Waals surface area contributed by atoms with Crippen molar-refractivity contribution in [2.75, 3.05) is 14.2 Å². The minimum atomic E-state index is -1.49. The van der Waals surface area contributed by atoms with Crippen molar-refractivity contribution in [2.45, 2.75) is 51.2 Å². The summed E-state index contributed by atoms with van der Waals surface area (Å²) >= 11 is 2.66. The fraction of sp³-hybridized carbons (Fsp3) is 0.400. The van der Waals surface area contributed by atoms with Crippen molar-refractivity contribution in [3.63, 3.8) is 0 Å². The summed E-state index contributed by atoms with van der Waals surface area (Å²) in [5, 5.41) is 8.00. The van der Waals surface area contributed by atoms with E-state index in [1.807, 2.05) is 25.3 Å². The van der Waals surface area contributed by atoms with Gasteiger partial charge in [0.05, 0.1) is 43.7 Å². The van der Waals surface area contributed by atoms with Crippen LogP contribution in [0.3, 0.4) is 0 Å². The molecular weight excluding hydrogens is 519 g/mol. The van der Waals surface area contributed by atoms with Gasteiger partial charge in [-0.05, 0) is 31.3 Å². The van der Waals surface area contributed by atoms with Crippen molar-refractivity contribution in [3.05, 3.63) is 40.5 Å². The number of hydrogen-bond acceptors (Lipinski definition) is 10. The van der Waals surface area contributed by atoms with Crippen LogP contribution < -0.4 is 14.2 Å². The second-order valence-electron chi connectivity index (χ2n) is 9.12. The van der Waals surface area contributed by atoms with Gasteiger partial charge >= 0.3 is 0 Å². The van der Waals surface area contributed by atoms with Crippen LogP contribution in [0.2, 0.25) is 0 Å². The van der Waals surface area contributed by atoms with Gasteiger partial charge in [-0.25, -0.2) is 14.4 Å². The van der Waals surface area contributed by atoms with Crippen LogP contribution in [0.5, 0.6) is 16.7 Å². The molecule has 1 fully saturated rings. The van der Waals surface area contributed by atoms with Crippen LogP contribution in [0, 0.1) is 0 Å². The first-order valence-electron chi connectivity index (χ1n) is 11.8. The smallest absolute Gasteiger partial charge is 0.294 e. The van der Waals surface area contributed by atoms with E-state index < -0.39 is 5.67 Å². The fourth-order valence-electron chi connectivity index (χ4n) is 4.76. The van der Waals surface area contributed by atoms with Crippen molar-refractivity contribution < 1.29 is 27.8 Å². The van der Waals surface area contributed by atoms with E-state index in [2.05, 4.69) is 15.1 Å². The first-order chi connectivity index (χ1) is 17.8. The predicted molar refractivity (Wildman–Crippen MR) is 138 cm³/mol. The first kappa shape index (κ1) is 24.1. The number of nitrogens with zero attached hydrogens (tertiary/aromatic N) is 4. The molecule has 37 heavy (non-hydrogen) atoms. The predicted octanol–water partition coefficient (Wildman–Crippen LogP) is 6.01. The third-order valence-corrected chi connectivity index (χ3v) is 8.25. The Balaban J connectivity index is 1.28. The van der Waals surface area contributed by atoms with Crippen LogP contribution in [0.1, 0.15) is 37.4 Å². The standard InChI is InChI=1S/C25H25FN4O5S2/c1-13-8-25(26,9-14(2)34-13)22-28-15(12-36-22)11-33-19-5-16(31-3)6-20-17(19)7-21(35-20)18-10-27-23-30(18)29-24(32-4)37-23/h5-7,10,12-14H,8-9,11H2,1-4H3. The van der Waals surface area contributed by atoms with Gasteiger partial charge < -0.3 is 23.4 Å². The van der Waals surface area contributed by atoms with Crippen molar-refractivity contribution in [1.29, 1.82) is 0 Å². The van der Waals surface area contributed by atoms with Gasteiger partial charge in [-0.1, -0.05) is 0 Å². The average molecular weight is 545 g/mol. The Kier molecular flexibility index (Phi) is 6.04. The minimum Gasteiger partial charge on any atom is -0.496 e. The molecule has 0 amide bonds. The van der Waals surface area contributed by atoms with Gasteiger partial charge in [0, 0.05) is 30.4 Å². The summed E-state index contributed by atoms with van der Waals surface area (Å²) in [6, 6.07) is 5.48. The zero-order valence-corrected chi connectivity index (χ0v) is 22.3. The SMILES string of the molecule is COc1cc(OCc2csc(C3(F)CC(C)OC(C)C3)n2)c2cc(-c3cnc4sc(OC)nn34)oc2c1. The highest BCUT2D eigenvalue weighted by Gasteiger charge is 2.42. The summed E-state index contributed by atoms with van der Waals surface area (Å²) in [7, 11) is 3.15. The Hall–Kier alpha value is -3.22. The summed E-state index contributed by atoms with van der Waals surface area (Å²) in [4.78, 5) is 9.67. The number of furan rings is 1. The molecule has 0 saturated carbocycles. The molecule has 0 radical (unpaired) electrons. The number of rotatable bonds is 7. The van der Waals surface area contributed by atoms with E-state index in [4.69, 9.17) is 23.4 Å². The highest BCUT2D eigenvalue weighted by Crippen LogP contribution is 2.43. The van der Waals surface area contributed by atoms with Crippen LogP contribution in [0.25, 0.3) is 27.4 Å². The van der Waals surface area contributed by atoms with Crippen LogP contribution in [0.4, 0.5) is 4.39 Å². The summed E-state index contributed by atoms with van der Waals surface area (Å²) < 4.78 is 46.1. The van der Waals surface area contributed by atoms with Crippen molar-refractivity contribution in [1.82, 2.24) is 19.6 Å². The van der Waals surface area contributed by atoms with Gasteiger partial charge in [-0.2, -0.15) is 4.52 Å². The molecule has 1 saturated heterocycles. The fourth-order valence-corrected chi connectivity index (χ4v) is 6.37. The summed E-state index contributed by atoms with van der Waals surface area (Å²) in [6.45, 7) is 3.97. The van der Waals surface area contributed by atoms with Crippen LogP contribution in [0.15, 0.2) is 34.2 Å². The number of methoxy groups -OCH3 is 2. The monoisotopic (exact) mass is 544 g/mol. The maximum absolute atomic E-state index is 15.7.